The molecule has 3 nitrogen and oxygen atoms in total. The van der Waals surface area contributed by atoms with Crippen molar-refractivity contribution >= 4 is 54.3 Å². The Labute approximate surface area is 283 Å². The summed E-state index contributed by atoms with van der Waals surface area (Å²) in [6.07, 6.45) is 0. The maximum Gasteiger partial charge on any atom is 0.235 e. The number of benzene rings is 8. The molecule has 10 aromatic rings. The predicted molar refractivity (Wildman–Crippen MR) is 205 cm³/mol. The summed E-state index contributed by atoms with van der Waals surface area (Å²) in [6, 6.07) is 62.7. The number of hydrogen-bond acceptors (Lipinski definition) is 2. The van der Waals surface area contributed by atoms with Crippen LogP contribution in [0.3, 0.4) is 0 Å². The lowest BCUT2D eigenvalue weighted by atomic mass is 9.98. The quantitative estimate of drug-likeness (QED) is 0.195. The summed E-state index contributed by atoms with van der Waals surface area (Å²) in [5.41, 5.74) is 9.72. The molecule has 0 amide bonds. The molecule has 10 rings (SSSR count). The van der Waals surface area contributed by atoms with Crippen LogP contribution in [0.15, 0.2) is 176 Å². The Balaban J connectivity index is 1.21. The fourth-order valence-electron chi connectivity index (χ4n) is 7.31. The summed E-state index contributed by atoms with van der Waals surface area (Å²) in [5.74, 6) is 0.660. The van der Waals surface area contributed by atoms with Crippen molar-refractivity contribution < 1.29 is 0 Å². The Morgan fingerprint density at radius 3 is 1.73 bits per heavy atom. The second-order valence-corrected chi connectivity index (χ2v) is 12.7. The van der Waals surface area contributed by atoms with E-state index < -0.39 is 0 Å². The minimum absolute atomic E-state index is 0.660. The van der Waals surface area contributed by atoms with Crippen molar-refractivity contribution in [3.8, 4) is 39.5 Å². The maximum atomic E-state index is 5.39. The number of aromatic nitrogens is 3. The number of para-hydroxylation sites is 1. The van der Waals surface area contributed by atoms with Gasteiger partial charge in [-0.05, 0) is 80.2 Å². The lowest BCUT2D eigenvalue weighted by Gasteiger charge is -2.13. The summed E-state index contributed by atoms with van der Waals surface area (Å²) in [6.45, 7) is 0. The van der Waals surface area contributed by atoms with E-state index in [0.29, 0.717) is 5.95 Å². The lowest BCUT2D eigenvalue weighted by molar-refractivity contribution is 1.01. The van der Waals surface area contributed by atoms with Gasteiger partial charge in [0.1, 0.15) is 0 Å². The van der Waals surface area contributed by atoms with Gasteiger partial charge in [-0.15, -0.1) is 0 Å². The lowest BCUT2D eigenvalue weighted by Crippen LogP contribution is -2.03. The van der Waals surface area contributed by atoms with E-state index in [1.54, 1.807) is 0 Å². The van der Waals surface area contributed by atoms with Gasteiger partial charge in [0.15, 0.2) is 0 Å². The maximum absolute atomic E-state index is 5.39. The molecular formula is C46H29N3. The van der Waals surface area contributed by atoms with E-state index in [2.05, 4.69) is 180 Å². The average Bonchev–Trinajstić information content (AvgIpc) is 3.49. The van der Waals surface area contributed by atoms with E-state index in [1.165, 1.54) is 43.4 Å². The molecule has 0 aliphatic carbocycles. The first-order valence-electron chi connectivity index (χ1n) is 16.7. The van der Waals surface area contributed by atoms with E-state index in [4.69, 9.17) is 9.97 Å². The van der Waals surface area contributed by atoms with Crippen LogP contribution in [0, 0.1) is 0 Å². The van der Waals surface area contributed by atoms with Gasteiger partial charge in [-0.2, -0.15) is 0 Å². The van der Waals surface area contributed by atoms with Crippen molar-refractivity contribution in [2.24, 2.45) is 0 Å². The van der Waals surface area contributed by atoms with Crippen molar-refractivity contribution in [3.05, 3.63) is 176 Å². The summed E-state index contributed by atoms with van der Waals surface area (Å²) >= 11 is 0. The smallest absolute Gasteiger partial charge is 0.235 e. The van der Waals surface area contributed by atoms with Gasteiger partial charge in [-0.25, -0.2) is 9.97 Å². The van der Waals surface area contributed by atoms with E-state index in [0.717, 1.165) is 44.3 Å². The van der Waals surface area contributed by atoms with Crippen LogP contribution in [0.25, 0.3) is 93.7 Å². The number of hydrogen-bond donors (Lipinski definition) is 0. The van der Waals surface area contributed by atoms with Gasteiger partial charge in [-0.1, -0.05) is 140 Å². The van der Waals surface area contributed by atoms with E-state index >= 15 is 0 Å². The highest BCUT2D eigenvalue weighted by Crippen LogP contribution is 2.37. The molecule has 2 aromatic heterocycles. The SMILES string of the molecule is c1ccc(-c2ccc3c(-c4ccc(-c5ccc6ccccc6c5)cc4)nc(-n4c5ccccc5c5cc6ccccc6cc54)nc3c2)cc1. The Bertz CT molecular complexity index is 2870. The minimum Gasteiger partial charge on any atom is -0.278 e. The zero-order valence-corrected chi connectivity index (χ0v) is 26.6. The van der Waals surface area contributed by atoms with Gasteiger partial charge in [0.05, 0.1) is 22.2 Å². The average molecular weight is 624 g/mol. The fraction of sp³-hybridized carbons (Fsp3) is 0. The van der Waals surface area contributed by atoms with Gasteiger partial charge in [0, 0.05) is 21.7 Å². The van der Waals surface area contributed by atoms with E-state index in [9.17, 15) is 0 Å². The first-order valence-corrected chi connectivity index (χ1v) is 16.7. The molecule has 0 saturated carbocycles. The molecule has 0 spiro atoms. The third-order valence-electron chi connectivity index (χ3n) is 9.77. The molecule has 49 heavy (non-hydrogen) atoms. The number of rotatable bonds is 4. The summed E-state index contributed by atoms with van der Waals surface area (Å²) in [4.78, 5) is 10.7. The van der Waals surface area contributed by atoms with Crippen LogP contribution in [-0.4, -0.2) is 14.5 Å². The van der Waals surface area contributed by atoms with Crippen LogP contribution in [0.2, 0.25) is 0 Å². The monoisotopic (exact) mass is 623 g/mol. The molecule has 0 aliphatic heterocycles. The predicted octanol–water partition coefficient (Wildman–Crippen LogP) is 12.0. The molecule has 0 N–H and O–H groups in total. The van der Waals surface area contributed by atoms with Crippen LogP contribution in [0.5, 0.6) is 0 Å². The summed E-state index contributed by atoms with van der Waals surface area (Å²) in [5, 5.41) is 8.30. The Hall–Kier alpha value is -6.58. The van der Waals surface area contributed by atoms with Gasteiger partial charge in [-0.3, -0.25) is 4.57 Å². The third kappa shape index (κ3) is 4.59. The Morgan fingerprint density at radius 1 is 0.327 bits per heavy atom. The number of fused-ring (bicyclic) bond motifs is 6. The van der Waals surface area contributed by atoms with Crippen LogP contribution in [-0.2, 0) is 0 Å². The molecule has 0 fully saturated rings. The van der Waals surface area contributed by atoms with Crippen LogP contribution in [0.4, 0.5) is 0 Å². The number of nitrogens with zero attached hydrogens (tertiary/aromatic N) is 3. The molecule has 0 saturated heterocycles. The van der Waals surface area contributed by atoms with Crippen LogP contribution < -0.4 is 0 Å². The van der Waals surface area contributed by atoms with Crippen molar-refractivity contribution in [2.45, 2.75) is 0 Å². The van der Waals surface area contributed by atoms with Crippen molar-refractivity contribution in [1.29, 1.82) is 0 Å². The molecule has 0 atom stereocenters. The van der Waals surface area contributed by atoms with Gasteiger partial charge in [0.25, 0.3) is 0 Å². The Kier molecular flexibility index (Phi) is 6.18. The zero-order valence-electron chi connectivity index (χ0n) is 26.6. The van der Waals surface area contributed by atoms with E-state index in [1.807, 2.05) is 0 Å². The molecule has 0 bridgehead atoms. The van der Waals surface area contributed by atoms with E-state index in [-0.39, 0.29) is 0 Å². The highest BCUT2D eigenvalue weighted by atomic mass is 15.2. The highest BCUT2D eigenvalue weighted by molar-refractivity contribution is 6.13. The molecular weight excluding hydrogens is 595 g/mol. The van der Waals surface area contributed by atoms with Crippen molar-refractivity contribution in [2.75, 3.05) is 0 Å². The standard InChI is InChI=1S/C46H29N3/c1-2-10-30(11-3-1)38-24-25-40-42(28-38)47-46(49-43-17-9-8-16-39(43)41-27-35-14-6-7-15-36(35)29-44(41)49)48-45(40)33-21-18-32(19-22-33)37-23-20-31-12-4-5-13-34(31)26-37/h1-29H. The fourth-order valence-corrected chi connectivity index (χ4v) is 7.31. The van der Waals surface area contributed by atoms with Crippen molar-refractivity contribution in [3.63, 3.8) is 0 Å². The Morgan fingerprint density at radius 2 is 0.918 bits per heavy atom. The molecule has 0 unspecified atom stereocenters. The molecule has 8 aromatic carbocycles. The highest BCUT2D eigenvalue weighted by Gasteiger charge is 2.18. The first kappa shape index (κ1) is 27.5. The third-order valence-corrected chi connectivity index (χ3v) is 9.77. The zero-order chi connectivity index (χ0) is 32.3. The molecule has 3 heteroatoms. The first-order chi connectivity index (χ1) is 24.3. The van der Waals surface area contributed by atoms with Crippen LogP contribution in [0.1, 0.15) is 0 Å². The van der Waals surface area contributed by atoms with Crippen molar-refractivity contribution in [1.82, 2.24) is 14.5 Å². The summed E-state index contributed by atoms with van der Waals surface area (Å²) < 4.78 is 2.23. The summed E-state index contributed by atoms with van der Waals surface area (Å²) in [7, 11) is 0. The van der Waals surface area contributed by atoms with Gasteiger partial charge >= 0.3 is 0 Å². The van der Waals surface area contributed by atoms with Gasteiger partial charge < -0.3 is 0 Å². The largest absolute Gasteiger partial charge is 0.278 e. The minimum atomic E-state index is 0.660. The molecule has 0 radical (unpaired) electrons. The topological polar surface area (TPSA) is 30.7 Å². The molecule has 0 aliphatic rings. The van der Waals surface area contributed by atoms with Gasteiger partial charge in [0.2, 0.25) is 5.95 Å². The van der Waals surface area contributed by atoms with Crippen LogP contribution >= 0.6 is 0 Å². The second-order valence-electron chi connectivity index (χ2n) is 12.7. The molecule has 228 valence electrons. The second kappa shape index (κ2) is 11.0. The molecule has 2 heterocycles. The normalized spacial score (nSPS) is 11.7.